The van der Waals surface area contributed by atoms with E-state index in [0.29, 0.717) is 0 Å². The minimum Gasteiger partial charge on any atom is -0.339 e. The van der Waals surface area contributed by atoms with Crippen LogP contribution in [0.1, 0.15) is 5.69 Å². The maximum absolute atomic E-state index is 4.35. The van der Waals surface area contributed by atoms with Gasteiger partial charge in [0.1, 0.15) is 0 Å². The standard InChI is InChI=1S/C20H19N3S/c1-2-8-18-16(6-1)14-19(20-9-5-13-24-20)23(18)12-11-21-15-17-7-3-4-10-22-17/h1-10,13-14,21H,11-12,15H2. The lowest BCUT2D eigenvalue weighted by Gasteiger charge is -2.11. The van der Waals surface area contributed by atoms with Gasteiger partial charge >= 0.3 is 0 Å². The fourth-order valence-corrected chi connectivity index (χ4v) is 3.74. The van der Waals surface area contributed by atoms with Gasteiger partial charge in [0, 0.05) is 36.7 Å². The Labute approximate surface area is 145 Å². The zero-order valence-corrected chi connectivity index (χ0v) is 14.2. The number of thiophene rings is 1. The maximum Gasteiger partial charge on any atom is 0.0593 e. The van der Waals surface area contributed by atoms with Crippen molar-refractivity contribution in [2.24, 2.45) is 0 Å². The lowest BCUT2D eigenvalue weighted by atomic mass is 10.2. The Morgan fingerprint density at radius 3 is 2.75 bits per heavy atom. The van der Waals surface area contributed by atoms with E-state index in [9.17, 15) is 0 Å². The Morgan fingerprint density at radius 1 is 1.00 bits per heavy atom. The molecule has 4 rings (SSSR count). The number of nitrogens with zero attached hydrogens (tertiary/aromatic N) is 2. The van der Waals surface area contributed by atoms with Gasteiger partial charge in [-0.25, -0.2) is 0 Å². The van der Waals surface area contributed by atoms with Crippen molar-refractivity contribution < 1.29 is 0 Å². The summed E-state index contributed by atoms with van der Waals surface area (Å²) in [7, 11) is 0. The number of hydrogen-bond donors (Lipinski definition) is 1. The summed E-state index contributed by atoms with van der Waals surface area (Å²) in [6.07, 6.45) is 1.84. The molecule has 0 saturated carbocycles. The van der Waals surface area contributed by atoms with Gasteiger partial charge in [0.25, 0.3) is 0 Å². The number of pyridine rings is 1. The molecule has 1 N–H and O–H groups in total. The normalized spacial score (nSPS) is 11.2. The van der Waals surface area contributed by atoms with Crippen LogP contribution in [0.25, 0.3) is 21.5 Å². The van der Waals surface area contributed by atoms with E-state index in [1.165, 1.54) is 21.5 Å². The highest BCUT2D eigenvalue weighted by atomic mass is 32.1. The second kappa shape index (κ2) is 6.99. The molecular formula is C20H19N3S. The van der Waals surface area contributed by atoms with E-state index in [1.807, 2.05) is 18.3 Å². The van der Waals surface area contributed by atoms with Crippen molar-refractivity contribution in [3.63, 3.8) is 0 Å². The average molecular weight is 333 g/mol. The van der Waals surface area contributed by atoms with Crippen molar-refractivity contribution in [2.45, 2.75) is 13.1 Å². The predicted octanol–water partition coefficient (Wildman–Crippen LogP) is 4.55. The Balaban J connectivity index is 1.53. The third-order valence-electron chi connectivity index (χ3n) is 4.13. The molecule has 0 atom stereocenters. The topological polar surface area (TPSA) is 29.9 Å². The lowest BCUT2D eigenvalue weighted by Crippen LogP contribution is -2.20. The molecule has 0 unspecified atom stereocenters. The van der Waals surface area contributed by atoms with Crippen LogP contribution in [-0.4, -0.2) is 16.1 Å². The number of rotatable bonds is 6. The number of fused-ring (bicyclic) bond motifs is 1. The van der Waals surface area contributed by atoms with Gasteiger partial charge < -0.3 is 9.88 Å². The average Bonchev–Trinajstić information content (AvgIpc) is 3.27. The molecule has 0 aliphatic rings. The fraction of sp³-hybridized carbons (Fsp3) is 0.150. The molecule has 3 nitrogen and oxygen atoms in total. The minimum absolute atomic E-state index is 0.800. The quantitative estimate of drug-likeness (QED) is 0.524. The van der Waals surface area contributed by atoms with Crippen LogP contribution in [-0.2, 0) is 13.1 Å². The first-order valence-corrected chi connectivity index (χ1v) is 9.02. The van der Waals surface area contributed by atoms with E-state index >= 15 is 0 Å². The number of hydrogen-bond acceptors (Lipinski definition) is 3. The van der Waals surface area contributed by atoms with Crippen molar-refractivity contribution in [1.82, 2.24) is 14.9 Å². The van der Waals surface area contributed by atoms with E-state index in [4.69, 9.17) is 0 Å². The van der Waals surface area contributed by atoms with E-state index in [2.05, 4.69) is 68.8 Å². The van der Waals surface area contributed by atoms with Crippen LogP contribution in [0.15, 0.2) is 72.2 Å². The molecule has 0 fully saturated rings. The largest absolute Gasteiger partial charge is 0.339 e. The Morgan fingerprint density at radius 2 is 1.92 bits per heavy atom. The summed E-state index contributed by atoms with van der Waals surface area (Å²) in [5, 5.41) is 6.93. The van der Waals surface area contributed by atoms with Crippen LogP contribution in [0.3, 0.4) is 0 Å². The first-order chi connectivity index (χ1) is 11.9. The first kappa shape index (κ1) is 15.1. The molecule has 0 saturated heterocycles. The molecule has 24 heavy (non-hydrogen) atoms. The molecule has 4 aromatic rings. The molecule has 120 valence electrons. The van der Waals surface area contributed by atoms with Crippen molar-refractivity contribution >= 4 is 22.2 Å². The summed E-state index contributed by atoms with van der Waals surface area (Å²) in [4.78, 5) is 5.67. The number of aromatic nitrogens is 2. The molecule has 0 aliphatic heterocycles. The molecule has 0 aliphatic carbocycles. The third-order valence-corrected chi connectivity index (χ3v) is 5.02. The molecule has 4 heteroatoms. The molecule has 0 spiro atoms. The molecule has 0 bridgehead atoms. The lowest BCUT2D eigenvalue weighted by molar-refractivity contribution is 0.606. The first-order valence-electron chi connectivity index (χ1n) is 8.14. The van der Waals surface area contributed by atoms with Crippen molar-refractivity contribution in [2.75, 3.05) is 6.54 Å². The minimum atomic E-state index is 0.800. The van der Waals surface area contributed by atoms with E-state index in [1.54, 1.807) is 11.3 Å². The van der Waals surface area contributed by atoms with Gasteiger partial charge in [-0.05, 0) is 35.7 Å². The molecule has 1 aromatic carbocycles. The summed E-state index contributed by atoms with van der Waals surface area (Å²) < 4.78 is 2.41. The monoisotopic (exact) mass is 333 g/mol. The fourth-order valence-electron chi connectivity index (χ4n) is 2.99. The van der Waals surface area contributed by atoms with Gasteiger partial charge in [-0.15, -0.1) is 11.3 Å². The summed E-state index contributed by atoms with van der Waals surface area (Å²) in [5.74, 6) is 0. The molecular weight excluding hydrogens is 314 g/mol. The van der Waals surface area contributed by atoms with Gasteiger partial charge in [0.05, 0.1) is 16.3 Å². The summed E-state index contributed by atoms with van der Waals surface area (Å²) in [6.45, 7) is 2.65. The number of para-hydroxylation sites is 1. The van der Waals surface area contributed by atoms with Crippen LogP contribution in [0, 0.1) is 0 Å². The highest BCUT2D eigenvalue weighted by molar-refractivity contribution is 7.13. The second-order valence-electron chi connectivity index (χ2n) is 5.72. The molecule has 0 radical (unpaired) electrons. The summed E-state index contributed by atoms with van der Waals surface area (Å²) in [6, 6.07) is 21.2. The maximum atomic E-state index is 4.35. The Kier molecular flexibility index (Phi) is 4.40. The molecule has 3 aromatic heterocycles. The van der Waals surface area contributed by atoms with E-state index in [-0.39, 0.29) is 0 Å². The third kappa shape index (κ3) is 3.11. The molecule has 3 heterocycles. The van der Waals surface area contributed by atoms with Crippen LogP contribution in [0.2, 0.25) is 0 Å². The smallest absolute Gasteiger partial charge is 0.0593 e. The number of benzene rings is 1. The Bertz CT molecular complexity index is 911. The second-order valence-corrected chi connectivity index (χ2v) is 6.66. The highest BCUT2D eigenvalue weighted by Crippen LogP contribution is 2.30. The summed E-state index contributed by atoms with van der Waals surface area (Å²) >= 11 is 1.79. The predicted molar refractivity (Wildman–Crippen MR) is 101 cm³/mol. The van der Waals surface area contributed by atoms with Crippen molar-refractivity contribution in [1.29, 1.82) is 0 Å². The highest BCUT2D eigenvalue weighted by Gasteiger charge is 2.10. The van der Waals surface area contributed by atoms with Crippen LogP contribution in [0.4, 0.5) is 0 Å². The van der Waals surface area contributed by atoms with Crippen LogP contribution >= 0.6 is 11.3 Å². The van der Waals surface area contributed by atoms with Gasteiger partial charge in [-0.3, -0.25) is 4.98 Å². The Hall–Kier alpha value is -2.43. The van der Waals surface area contributed by atoms with Gasteiger partial charge in [-0.2, -0.15) is 0 Å². The van der Waals surface area contributed by atoms with E-state index in [0.717, 1.165) is 25.3 Å². The van der Waals surface area contributed by atoms with Gasteiger partial charge in [-0.1, -0.05) is 30.3 Å². The van der Waals surface area contributed by atoms with Crippen molar-refractivity contribution in [3.8, 4) is 10.6 Å². The summed E-state index contributed by atoms with van der Waals surface area (Å²) in [5.41, 5.74) is 3.67. The van der Waals surface area contributed by atoms with Crippen LogP contribution < -0.4 is 5.32 Å². The van der Waals surface area contributed by atoms with E-state index < -0.39 is 0 Å². The number of nitrogens with one attached hydrogen (secondary N) is 1. The van der Waals surface area contributed by atoms with Crippen molar-refractivity contribution in [3.05, 3.63) is 77.9 Å². The zero-order chi connectivity index (χ0) is 16.2. The molecule has 0 amide bonds. The van der Waals surface area contributed by atoms with Gasteiger partial charge in [0.15, 0.2) is 0 Å². The van der Waals surface area contributed by atoms with Gasteiger partial charge in [0.2, 0.25) is 0 Å². The zero-order valence-electron chi connectivity index (χ0n) is 13.4. The SMILES string of the molecule is c1ccc(CNCCn2c(-c3cccs3)cc3ccccc32)nc1. The van der Waals surface area contributed by atoms with Crippen LogP contribution in [0.5, 0.6) is 0 Å².